The van der Waals surface area contributed by atoms with Gasteiger partial charge in [0, 0.05) is 27.5 Å². The van der Waals surface area contributed by atoms with E-state index in [1.165, 1.54) is 37.9 Å². The summed E-state index contributed by atoms with van der Waals surface area (Å²) in [6.45, 7) is 0. The summed E-state index contributed by atoms with van der Waals surface area (Å²) in [6, 6.07) is 77.6. The zero-order chi connectivity index (χ0) is 40.3. The lowest BCUT2D eigenvalue weighted by atomic mass is 9.89. The first-order chi connectivity index (χ1) is 30.2. The highest BCUT2D eigenvalue weighted by atomic mass is 16.3. The number of aromatic nitrogens is 2. The molecule has 12 aromatic rings. The lowest BCUT2D eigenvalue weighted by molar-refractivity contribution is 0.669. The normalized spacial score (nSPS) is 11.6. The molecule has 10 aromatic carbocycles. The van der Waals surface area contributed by atoms with Crippen molar-refractivity contribution in [3.8, 4) is 67.3 Å². The molecule has 0 aliphatic heterocycles. The van der Waals surface area contributed by atoms with E-state index < -0.39 is 0 Å². The van der Waals surface area contributed by atoms with Gasteiger partial charge in [-0.3, -0.25) is 0 Å². The molecule has 0 bridgehead atoms. The Balaban J connectivity index is 1.01. The Bertz CT molecular complexity index is 3640. The molecule has 0 atom stereocenters. The molecule has 0 aliphatic rings. The van der Waals surface area contributed by atoms with Crippen molar-refractivity contribution in [1.82, 2.24) is 9.97 Å². The minimum absolute atomic E-state index is 0.673. The van der Waals surface area contributed by atoms with Gasteiger partial charge in [-0.25, -0.2) is 9.97 Å². The minimum Gasteiger partial charge on any atom is -0.456 e. The van der Waals surface area contributed by atoms with E-state index in [0.717, 1.165) is 77.8 Å². The summed E-state index contributed by atoms with van der Waals surface area (Å²) in [5, 5.41) is 9.68. The Hall–Kier alpha value is -8.14. The second-order valence-corrected chi connectivity index (χ2v) is 15.7. The Kier molecular flexibility index (Phi) is 8.17. The van der Waals surface area contributed by atoms with Crippen LogP contribution in [0.15, 0.2) is 223 Å². The molecule has 3 nitrogen and oxygen atoms in total. The fourth-order valence-corrected chi connectivity index (χ4v) is 9.12. The van der Waals surface area contributed by atoms with Gasteiger partial charge in [0.15, 0.2) is 5.82 Å². The van der Waals surface area contributed by atoms with E-state index in [1.807, 2.05) is 12.1 Å². The molecule has 2 heterocycles. The molecule has 0 amide bonds. The zero-order valence-electron chi connectivity index (χ0n) is 33.1. The molecule has 3 heteroatoms. The molecule has 284 valence electrons. The predicted molar refractivity (Wildman–Crippen MR) is 254 cm³/mol. The topological polar surface area (TPSA) is 38.9 Å². The third-order valence-corrected chi connectivity index (χ3v) is 12.1. The Morgan fingerprint density at radius 3 is 1.77 bits per heavy atom. The van der Waals surface area contributed by atoms with Crippen molar-refractivity contribution in [3.63, 3.8) is 0 Å². The summed E-state index contributed by atoms with van der Waals surface area (Å²) >= 11 is 0. The van der Waals surface area contributed by atoms with Crippen LogP contribution in [-0.4, -0.2) is 9.97 Å². The van der Waals surface area contributed by atoms with Gasteiger partial charge in [-0.2, -0.15) is 0 Å². The molecule has 0 spiro atoms. The first-order valence-corrected chi connectivity index (χ1v) is 20.7. The fourth-order valence-electron chi connectivity index (χ4n) is 9.12. The van der Waals surface area contributed by atoms with Crippen molar-refractivity contribution in [2.24, 2.45) is 0 Å². The first-order valence-electron chi connectivity index (χ1n) is 20.7. The third-order valence-electron chi connectivity index (χ3n) is 12.1. The molecule has 2 aromatic heterocycles. The summed E-state index contributed by atoms with van der Waals surface area (Å²) in [5.41, 5.74) is 13.4. The van der Waals surface area contributed by atoms with Crippen LogP contribution in [0.2, 0.25) is 0 Å². The first kappa shape index (κ1) is 34.9. The molecule has 61 heavy (non-hydrogen) atoms. The van der Waals surface area contributed by atoms with Gasteiger partial charge in [0.05, 0.1) is 11.4 Å². The largest absolute Gasteiger partial charge is 0.456 e. The number of para-hydroxylation sites is 1. The lowest BCUT2D eigenvalue weighted by Crippen LogP contribution is -1.97. The monoisotopic (exact) mass is 776 g/mol. The Morgan fingerprint density at radius 1 is 0.279 bits per heavy atom. The van der Waals surface area contributed by atoms with Crippen molar-refractivity contribution >= 4 is 54.3 Å². The van der Waals surface area contributed by atoms with Crippen molar-refractivity contribution in [2.75, 3.05) is 0 Å². The molecule has 0 saturated carbocycles. The van der Waals surface area contributed by atoms with E-state index in [2.05, 4.69) is 206 Å². The van der Waals surface area contributed by atoms with Gasteiger partial charge in [-0.1, -0.05) is 182 Å². The van der Waals surface area contributed by atoms with Crippen LogP contribution in [0, 0.1) is 0 Å². The number of hydrogen-bond acceptors (Lipinski definition) is 3. The van der Waals surface area contributed by atoms with E-state index in [9.17, 15) is 0 Å². The summed E-state index contributed by atoms with van der Waals surface area (Å²) in [6.07, 6.45) is 0. The van der Waals surface area contributed by atoms with Crippen LogP contribution in [0.3, 0.4) is 0 Å². The number of fused-ring (bicyclic) bond motifs is 7. The number of benzene rings is 10. The van der Waals surface area contributed by atoms with Gasteiger partial charge in [0.2, 0.25) is 0 Å². The van der Waals surface area contributed by atoms with E-state index in [-0.39, 0.29) is 0 Å². The smallest absolute Gasteiger partial charge is 0.160 e. The van der Waals surface area contributed by atoms with Gasteiger partial charge in [-0.05, 0) is 102 Å². The Labute approximate surface area is 352 Å². The second kappa shape index (κ2) is 14.3. The van der Waals surface area contributed by atoms with Crippen LogP contribution in [0.25, 0.3) is 122 Å². The van der Waals surface area contributed by atoms with Crippen LogP contribution in [0.4, 0.5) is 0 Å². The average molecular weight is 777 g/mol. The zero-order valence-corrected chi connectivity index (χ0v) is 33.1. The second-order valence-electron chi connectivity index (χ2n) is 15.7. The van der Waals surface area contributed by atoms with Gasteiger partial charge >= 0.3 is 0 Å². The van der Waals surface area contributed by atoms with Crippen LogP contribution in [0.5, 0.6) is 0 Å². The van der Waals surface area contributed by atoms with Crippen molar-refractivity contribution < 1.29 is 4.42 Å². The lowest BCUT2D eigenvalue weighted by Gasteiger charge is -2.15. The van der Waals surface area contributed by atoms with Crippen molar-refractivity contribution in [1.29, 1.82) is 0 Å². The maximum absolute atomic E-state index is 6.16. The maximum Gasteiger partial charge on any atom is 0.160 e. The molecular weight excluding hydrogens is 741 g/mol. The highest BCUT2D eigenvalue weighted by Gasteiger charge is 2.17. The molecular formula is C58H36N2O. The van der Waals surface area contributed by atoms with E-state index >= 15 is 0 Å². The van der Waals surface area contributed by atoms with E-state index in [1.54, 1.807) is 0 Å². The summed E-state index contributed by atoms with van der Waals surface area (Å²) in [7, 11) is 0. The van der Waals surface area contributed by atoms with Crippen molar-refractivity contribution in [2.45, 2.75) is 0 Å². The predicted octanol–water partition coefficient (Wildman–Crippen LogP) is 15.8. The molecule has 12 rings (SSSR count). The molecule has 0 saturated heterocycles. The third kappa shape index (κ3) is 6.06. The summed E-state index contributed by atoms with van der Waals surface area (Å²) < 4.78 is 6.16. The van der Waals surface area contributed by atoms with Crippen molar-refractivity contribution in [3.05, 3.63) is 218 Å². The van der Waals surface area contributed by atoms with Crippen LogP contribution < -0.4 is 0 Å². The number of rotatable bonds is 6. The summed E-state index contributed by atoms with van der Waals surface area (Å²) in [4.78, 5) is 10.7. The summed E-state index contributed by atoms with van der Waals surface area (Å²) in [5.74, 6) is 0.673. The average Bonchev–Trinajstić information content (AvgIpc) is 3.71. The maximum atomic E-state index is 6.16. The van der Waals surface area contributed by atoms with E-state index in [0.29, 0.717) is 5.82 Å². The molecule has 0 unspecified atom stereocenters. The van der Waals surface area contributed by atoms with Gasteiger partial charge in [0.1, 0.15) is 11.2 Å². The molecule has 0 fully saturated rings. The Morgan fingerprint density at radius 2 is 0.902 bits per heavy atom. The van der Waals surface area contributed by atoms with Gasteiger partial charge in [0.25, 0.3) is 0 Å². The highest BCUT2D eigenvalue weighted by Crippen LogP contribution is 2.41. The highest BCUT2D eigenvalue weighted by molar-refractivity contribution is 6.20. The number of hydrogen-bond donors (Lipinski definition) is 0. The van der Waals surface area contributed by atoms with Crippen LogP contribution in [-0.2, 0) is 0 Å². The van der Waals surface area contributed by atoms with Gasteiger partial charge < -0.3 is 4.42 Å². The number of nitrogens with zero attached hydrogens (tertiary/aromatic N) is 2. The SMILES string of the molecule is c1ccc(-c2ccccc2-c2cc(-c3cccc(-c4ccc5oc6ccccc6c5c4)c3)nc(-c3ccc(-c4c5ccccc5cc5c4ccc4ccccc45)cc3)n2)cc1. The van der Waals surface area contributed by atoms with Gasteiger partial charge in [-0.15, -0.1) is 0 Å². The molecule has 0 aliphatic carbocycles. The fraction of sp³-hybridized carbons (Fsp3) is 0. The molecule has 0 radical (unpaired) electrons. The van der Waals surface area contributed by atoms with E-state index in [4.69, 9.17) is 14.4 Å². The standard InChI is InChI=1S/C58H36N2O/c1-2-13-37(14-3-1)45-19-8-9-22-48(45)54-36-53(44-18-12-17-41(33-44)42-30-32-56-52(34-42)49-23-10-11-24-55(49)61-56)59-58(60-54)40-27-25-39(26-28-40)57-47-21-7-5-16-43(47)35-51-46-20-6-4-15-38(46)29-31-50(51)57/h1-36H. The quantitative estimate of drug-likeness (QED) is 0.125. The minimum atomic E-state index is 0.673. The molecule has 0 N–H and O–H groups in total. The van der Waals surface area contributed by atoms with Crippen LogP contribution in [0.1, 0.15) is 0 Å². The van der Waals surface area contributed by atoms with Crippen LogP contribution >= 0.6 is 0 Å². The number of furan rings is 1.